The number of carbonyl (C=O) groups is 1. The van der Waals surface area contributed by atoms with Crippen LogP contribution in [-0.2, 0) is 11.2 Å². The number of alkyl halides is 2. The minimum Gasteiger partial charge on any atom is -0.435 e. The molecule has 0 saturated heterocycles. The average molecular weight is 378 g/mol. The highest BCUT2D eigenvalue weighted by Crippen LogP contribution is 2.37. The van der Waals surface area contributed by atoms with Gasteiger partial charge in [-0.05, 0) is 43.2 Å². The first-order valence-electron chi connectivity index (χ1n) is 9.70. The summed E-state index contributed by atoms with van der Waals surface area (Å²) in [5, 5.41) is 0. The number of imidazole rings is 1. The van der Waals surface area contributed by atoms with Gasteiger partial charge in [0, 0.05) is 31.4 Å². The Morgan fingerprint density at radius 1 is 1.33 bits per heavy atom. The van der Waals surface area contributed by atoms with Crippen LogP contribution in [0.5, 0.6) is 5.75 Å². The lowest BCUT2D eigenvalue weighted by atomic mass is 9.88. The summed E-state index contributed by atoms with van der Waals surface area (Å²) in [5.41, 5.74) is 1.64. The summed E-state index contributed by atoms with van der Waals surface area (Å²) < 4.78 is 31.8. The lowest BCUT2D eigenvalue weighted by Crippen LogP contribution is -2.19. The summed E-state index contributed by atoms with van der Waals surface area (Å²) in [7, 11) is 0. The third-order valence-electron chi connectivity index (χ3n) is 4.98. The van der Waals surface area contributed by atoms with E-state index in [4.69, 9.17) is 4.98 Å². The molecule has 0 radical (unpaired) electrons. The number of ether oxygens (including phenoxy) is 1. The molecule has 27 heavy (non-hydrogen) atoms. The minimum atomic E-state index is -2.84. The van der Waals surface area contributed by atoms with Gasteiger partial charge >= 0.3 is 6.61 Å². The second-order valence-electron chi connectivity index (χ2n) is 8.64. The lowest BCUT2D eigenvalue weighted by molar-refractivity contribution is -0.120. The molecule has 6 heteroatoms. The van der Waals surface area contributed by atoms with Gasteiger partial charge in [0.1, 0.15) is 17.4 Å². The lowest BCUT2D eigenvalue weighted by Gasteiger charge is -2.29. The van der Waals surface area contributed by atoms with E-state index in [0.717, 1.165) is 36.1 Å². The third kappa shape index (κ3) is 5.05. The summed E-state index contributed by atoms with van der Waals surface area (Å²) in [6.07, 6.45) is 5.91. The fraction of sp³-hybridized carbons (Fsp3) is 0.619. The molecule has 0 spiro atoms. The van der Waals surface area contributed by atoms with Gasteiger partial charge in [-0.15, -0.1) is 0 Å². The Bertz CT molecular complexity index is 804. The molecular weight excluding hydrogens is 350 g/mol. The number of rotatable bonds is 8. The van der Waals surface area contributed by atoms with Crippen molar-refractivity contribution in [2.24, 2.45) is 5.41 Å². The van der Waals surface area contributed by atoms with Crippen molar-refractivity contribution in [3.8, 4) is 5.75 Å². The molecule has 0 aliphatic heterocycles. The molecule has 0 bridgehead atoms. The number of aryl methyl sites for hydroxylation is 1. The molecule has 0 unspecified atom stereocenters. The smallest absolute Gasteiger partial charge is 0.387 e. The first-order valence-corrected chi connectivity index (χ1v) is 9.70. The minimum absolute atomic E-state index is 0.0112. The van der Waals surface area contributed by atoms with Gasteiger partial charge in [0.15, 0.2) is 0 Å². The number of carbonyl (C=O) groups excluding carboxylic acids is 1. The molecule has 0 amide bonds. The zero-order valence-electron chi connectivity index (χ0n) is 16.3. The number of nitrogens with zero attached hydrogens (tertiary/aromatic N) is 2. The van der Waals surface area contributed by atoms with Crippen LogP contribution >= 0.6 is 0 Å². The van der Waals surface area contributed by atoms with Gasteiger partial charge in [-0.2, -0.15) is 8.78 Å². The van der Waals surface area contributed by atoms with Crippen LogP contribution < -0.4 is 4.74 Å². The monoisotopic (exact) mass is 378 g/mol. The number of hydrogen-bond donors (Lipinski definition) is 0. The van der Waals surface area contributed by atoms with E-state index in [-0.39, 0.29) is 16.9 Å². The molecule has 1 fully saturated rings. The van der Waals surface area contributed by atoms with Gasteiger partial charge in [-0.25, -0.2) is 4.98 Å². The van der Waals surface area contributed by atoms with Crippen LogP contribution in [0.2, 0.25) is 0 Å². The summed E-state index contributed by atoms with van der Waals surface area (Å²) in [4.78, 5) is 16.9. The fourth-order valence-electron chi connectivity index (χ4n) is 3.65. The maximum atomic E-state index is 12.5. The van der Waals surface area contributed by atoms with E-state index in [0.29, 0.717) is 25.3 Å². The molecular formula is C21H28F2N2O2. The molecule has 1 aromatic carbocycles. The SMILES string of the molecule is CC(C)(C)CC(=O)CCCc1nc2ccc(OC(F)F)cc2n1C1CCC1. The first kappa shape index (κ1) is 19.8. The van der Waals surface area contributed by atoms with Crippen molar-refractivity contribution >= 4 is 16.8 Å². The Morgan fingerprint density at radius 3 is 2.67 bits per heavy atom. The van der Waals surface area contributed by atoms with Crippen LogP contribution in [0, 0.1) is 5.41 Å². The summed E-state index contributed by atoms with van der Waals surface area (Å²) >= 11 is 0. The van der Waals surface area contributed by atoms with Crippen LogP contribution in [0.25, 0.3) is 11.0 Å². The first-order chi connectivity index (χ1) is 12.7. The Kier molecular flexibility index (Phi) is 5.82. The van der Waals surface area contributed by atoms with E-state index in [1.165, 1.54) is 12.5 Å². The van der Waals surface area contributed by atoms with Gasteiger partial charge in [0.25, 0.3) is 0 Å². The van der Waals surface area contributed by atoms with Crippen LogP contribution in [-0.4, -0.2) is 21.9 Å². The quantitative estimate of drug-likeness (QED) is 0.593. The molecule has 4 nitrogen and oxygen atoms in total. The van der Waals surface area contributed by atoms with E-state index in [2.05, 4.69) is 30.1 Å². The zero-order valence-corrected chi connectivity index (χ0v) is 16.3. The van der Waals surface area contributed by atoms with Crippen molar-refractivity contribution in [3.05, 3.63) is 24.0 Å². The number of benzene rings is 1. The molecule has 1 aliphatic carbocycles. The highest BCUT2D eigenvalue weighted by Gasteiger charge is 2.25. The highest BCUT2D eigenvalue weighted by atomic mass is 19.3. The third-order valence-corrected chi connectivity index (χ3v) is 4.98. The summed E-state index contributed by atoms with van der Waals surface area (Å²) in [6, 6.07) is 5.28. The van der Waals surface area contributed by atoms with Crippen LogP contribution in [0.1, 0.15) is 71.2 Å². The van der Waals surface area contributed by atoms with Gasteiger partial charge < -0.3 is 9.30 Å². The number of ketones is 1. The van der Waals surface area contributed by atoms with Crippen molar-refractivity contribution in [2.45, 2.75) is 78.4 Å². The van der Waals surface area contributed by atoms with Gasteiger partial charge in [-0.1, -0.05) is 20.8 Å². The molecule has 1 aromatic heterocycles. The maximum absolute atomic E-state index is 12.5. The molecule has 1 aliphatic rings. The predicted octanol–water partition coefficient (Wildman–Crippen LogP) is 5.69. The topological polar surface area (TPSA) is 44.1 Å². The maximum Gasteiger partial charge on any atom is 0.387 e. The van der Waals surface area contributed by atoms with Gasteiger partial charge in [0.05, 0.1) is 11.0 Å². The van der Waals surface area contributed by atoms with Crippen molar-refractivity contribution in [1.29, 1.82) is 0 Å². The van der Waals surface area contributed by atoms with E-state index in [1.807, 2.05) is 0 Å². The number of hydrogen-bond acceptors (Lipinski definition) is 3. The second-order valence-corrected chi connectivity index (χ2v) is 8.64. The number of halogens is 2. The molecule has 0 N–H and O–H groups in total. The summed E-state index contributed by atoms with van der Waals surface area (Å²) in [5.74, 6) is 1.37. The van der Waals surface area contributed by atoms with Crippen molar-refractivity contribution in [2.75, 3.05) is 0 Å². The molecule has 0 atom stereocenters. The van der Waals surface area contributed by atoms with E-state index < -0.39 is 6.61 Å². The molecule has 3 rings (SSSR count). The van der Waals surface area contributed by atoms with Gasteiger partial charge in [0.2, 0.25) is 0 Å². The normalized spacial score (nSPS) is 15.3. The standard InChI is InChI=1S/C21H28F2N2O2/c1-21(2,3)13-15(26)8-5-9-19-24-17-11-10-16(27-20(22)23)12-18(17)25(19)14-6-4-7-14/h10-12,14,20H,4-9,13H2,1-3H3. The van der Waals surface area contributed by atoms with E-state index in [1.54, 1.807) is 12.1 Å². The van der Waals surface area contributed by atoms with Crippen LogP contribution in [0.3, 0.4) is 0 Å². The Hall–Kier alpha value is -1.98. The largest absolute Gasteiger partial charge is 0.435 e. The Labute approximate surface area is 158 Å². The molecule has 148 valence electrons. The summed E-state index contributed by atoms with van der Waals surface area (Å²) in [6.45, 7) is 3.37. The Balaban J connectivity index is 1.77. The van der Waals surface area contributed by atoms with Crippen molar-refractivity contribution in [3.63, 3.8) is 0 Å². The average Bonchev–Trinajstić information content (AvgIpc) is 2.81. The zero-order chi connectivity index (χ0) is 19.6. The highest BCUT2D eigenvalue weighted by molar-refractivity contribution is 5.79. The van der Waals surface area contributed by atoms with Crippen molar-refractivity contribution in [1.82, 2.24) is 9.55 Å². The fourth-order valence-corrected chi connectivity index (χ4v) is 3.65. The van der Waals surface area contributed by atoms with Crippen LogP contribution in [0.15, 0.2) is 18.2 Å². The Morgan fingerprint density at radius 2 is 2.07 bits per heavy atom. The second kappa shape index (κ2) is 7.95. The molecule has 1 saturated carbocycles. The van der Waals surface area contributed by atoms with E-state index in [9.17, 15) is 13.6 Å². The van der Waals surface area contributed by atoms with Crippen molar-refractivity contribution < 1.29 is 18.3 Å². The number of aromatic nitrogens is 2. The van der Waals surface area contributed by atoms with Gasteiger partial charge in [-0.3, -0.25) is 4.79 Å². The number of fused-ring (bicyclic) bond motifs is 1. The number of Topliss-reactive ketones (excluding diaryl/α,β-unsaturated/α-hetero) is 1. The molecule has 2 aromatic rings. The predicted molar refractivity (Wildman–Crippen MR) is 101 cm³/mol. The van der Waals surface area contributed by atoms with E-state index >= 15 is 0 Å². The van der Waals surface area contributed by atoms with Crippen LogP contribution in [0.4, 0.5) is 8.78 Å². The molecule has 1 heterocycles.